The SMILES string of the molecule is CCC1CCCC1N(CCN)Cc1ccccc1. The largest absolute Gasteiger partial charge is 0.329 e. The van der Waals surface area contributed by atoms with E-state index in [1.807, 2.05) is 0 Å². The van der Waals surface area contributed by atoms with Gasteiger partial charge in [0.15, 0.2) is 0 Å². The smallest absolute Gasteiger partial charge is 0.0237 e. The molecular weight excluding hydrogens is 220 g/mol. The van der Waals surface area contributed by atoms with Gasteiger partial charge in [0, 0.05) is 25.7 Å². The summed E-state index contributed by atoms with van der Waals surface area (Å²) in [6.07, 6.45) is 5.45. The summed E-state index contributed by atoms with van der Waals surface area (Å²) in [5.41, 5.74) is 7.21. The van der Waals surface area contributed by atoms with Gasteiger partial charge in [-0.3, -0.25) is 4.90 Å². The van der Waals surface area contributed by atoms with Gasteiger partial charge in [-0.05, 0) is 24.3 Å². The quantitative estimate of drug-likeness (QED) is 0.836. The van der Waals surface area contributed by atoms with E-state index in [1.165, 1.54) is 31.2 Å². The third-order valence-electron chi connectivity index (χ3n) is 4.26. The van der Waals surface area contributed by atoms with Gasteiger partial charge in [0.05, 0.1) is 0 Å². The maximum atomic E-state index is 5.80. The van der Waals surface area contributed by atoms with E-state index in [1.54, 1.807) is 0 Å². The predicted octanol–water partition coefficient (Wildman–Crippen LogP) is 3.03. The third kappa shape index (κ3) is 3.33. The molecule has 100 valence electrons. The second kappa shape index (κ2) is 6.91. The van der Waals surface area contributed by atoms with Gasteiger partial charge in [-0.25, -0.2) is 0 Å². The summed E-state index contributed by atoms with van der Waals surface area (Å²) in [4.78, 5) is 2.61. The van der Waals surface area contributed by atoms with Crippen molar-refractivity contribution >= 4 is 0 Å². The molecule has 1 fully saturated rings. The van der Waals surface area contributed by atoms with Crippen LogP contribution in [-0.2, 0) is 6.54 Å². The highest BCUT2D eigenvalue weighted by atomic mass is 15.2. The Balaban J connectivity index is 2.03. The van der Waals surface area contributed by atoms with Crippen LogP contribution in [0.25, 0.3) is 0 Å². The molecule has 0 heterocycles. The Hall–Kier alpha value is -0.860. The summed E-state index contributed by atoms with van der Waals surface area (Å²) in [6, 6.07) is 11.5. The molecule has 1 saturated carbocycles. The minimum atomic E-state index is 0.749. The predicted molar refractivity (Wildman–Crippen MR) is 77.3 cm³/mol. The maximum absolute atomic E-state index is 5.80. The fraction of sp³-hybridized carbons (Fsp3) is 0.625. The van der Waals surface area contributed by atoms with Crippen LogP contribution in [0.1, 0.15) is 38.2 Å². The molecule has 1 aliphatic carbocycles. The van der Waals surface area contributed by atoms with Gasteiger partial charge in [0.2, 0.25) is 0 Å². The van der Waals surface area contributed by atoms with E-state index in [-0.39, 0.29) is 0 Å². The minimum Gasteiger partial charge on any atom is -0.329 e. The summed E-state index contributed by atoms with van der Waals surface area (Å²) in [5.74, 6) is 0.875. The van der Waals surface area contributed by atoms with Crippen molar-refractivity contribution in [2.24, 2.45) is 11.7 Å². The second-order valence-electron chi connectivity index (χ2n) is 5.41. The molecule has 1 aromatic carbocycles. The van der Waals surface area contributed by atoms with Crippen molar-refractivity contribution in [3.63, 3.8) is 0 Å². The van der Waals surface area contributed by atoms with Crippen LogP contribution in [0.2, 0.25) is 0 Å². The van der Waals surface area contributed by atoms with E-state index >= 15 is 0 Å². The molecule has 2 rings (SSSR count). The molecule has 0 bridgehead atoms. The molecule has 0 aromatic heterocycles. The van der Waals surface area contributed by atoms with E-state index in [9.17, 15) is 0 Å². The van der Waals surface area contributed by atoms with Crippen molar-refractivity contribution in [2.45, 2.75) is 45.2 Å². The number of hydrogen-bond acceptors (Lipinski definition) is 2. The van der Waals surface area contributed by atoms with Crippen molar-refractivity contribution < 1.29 is 0 Å². The van der Waals surface area contributed by atoms with E-state index in [2.05, 4.69) is 42.2 Å². The Bertz CT molecular complexity index is 336. The lowest BCUT2D eigenvalue weighted by molar-refractivity contribution is 0.153. The summed E-state index contributed by atoms with van der Waals surface area (Å²) in [6.45, 7) is 5.17. The summed E-state index contributed by atoms with van der Waals surface area (Å²) >= 11 is 0. The Morgan fingerprint density at radius 2 is 2.00 bits per heavy atom. The normalized spacial score (nSPS) is 23.7. The highest BCUT2D eigenvalue weighted by Crippen LogP contribution is 2.32. The van der Waals surface area contributed by atoms with Crippen molar-refractivity contribution in [1.29, 1.82) is 0 Å². The van der Waals surface area contributed by atoms with Gasteiger partial charge < -0.3 is 5.73 Å². The zero-order valence-electron chi connectivity index (χ0n) is 11.5. The topological polar surface area (TPSA) is 29.3 Å². The summed E-state index contributed by atoms with van der Waals surface area (Å²) in [5, 5.41) is 0. The van der Waals surface area contributed by atoms with E-state index < -0.39 is 0 Å². The number of rotatable bonds is 6. The molecule has 2 nitrogen and oxygen atoms in total. The number of benzene rings is 1. The molecule has 2 N–H and O–H groups in total. The van der Waals surface area contributed by atoms with Crippen LogP contribution in [0, 0.1) is 5.92 Å². The van der Waals surface area contributed by atoms with Crippen molar-refractivity contribution in [3.8, 4) is 0 Å². The average Bonchev–Trinajstić information content (AvgIpc) is 2.87. The number of hydrogen-bond donors (Lipinski definition) is 1. The molecule has 2 atom stereocenters. The third-order valence-corrected chi connectivity index (χ3v) is 4.26. The lowest BCUT2D eigenvalue weighted by atomic mass is 9.98. The molecule has 1 aromatic rings. The average molecular weight is 246 g/mol. The zero-order valence-corrected chi connectivity index (χ0v) is 11.5. The van der Waals surface area contributed by atoms with Crippen LogP contribution in [0.4, 0.5) is 0 Å². The van der Waals surface area contributed by atoms with E-state index in [4.69, 9.17) is 5.73 Å². The van der Waals surface area contributed by atoms with Crippen LogP contribution in [-0.4, -0.2) is 24.0 Å². The molecule has 2 heteroatoms. The first-order valence-corrected chi connectivity index (χ1v) is 7.33. The first-order chi connectivity index (χ1) is 8.85. The summed E-state index contributed by atoms with van der Waals surface area (Å²) in [7, 11) is 0. The highest BCUT2D eigenvalue weighted by molar-refractivity contribution is 5.14. The molecule has 0 spiro atoms. The van der Waals surface area contributed by atoms with Crippen molar-refractivity contribution in [3.05, 3.63) is 35.9 Å². The van der Waals surface area contributed by atoms with Gasteiger partial charge in [0.1, 0.15) is 0 Å². The summed E-state index contributed by atoms with van der Waals surface area (Å²) < 4.78 is 0. The molecule has 0 radical (unpaired) electrons. The molecule has 0 saturated heterocycles. The molecule has 2 unspecified atom stereocenters. The molecular formula is C16H26N2. The Kier molecular flexibility index (Phi) is 5.21. The van der Waals surface area contributed by atoms with Crippen LogP contribution in [0.3, 0.4) is 0 Å². The van der Waals surface area contributed by atoms with Gasteiger partial charge >= 0.3 is 0 Å². The van der Waals surface area contributed by atoms with Crippen LogP contribution < -0.4 is 5.73 Å². The lowest BCUT2D eigenvalue weighted by Crippen LogP contribution is -2.40. The lowest BCUT2D eigenvalue weighted by Gasteiger charge is -2.32. The minimum absolute atomic E-state index is 0.749. The molecule has 0 amide bonds. The van der Waals surface area contributed by atoms with Crippen LogP contribution >= 0.6 is 0 Å². The fourth-order valence-electron chi connectivity index (χ4n) is 3.32. The van der Waals surface area contributed by atoms with Gasteiger partial charge in [-0.15, -0.1) is 0 Å². The Morgan fingerprint density at radius 3 is 2.67 bits per heavy atom. The van der Waals surface area contributed by atoms with Crippen molar-refractivity contribution in [1.82, 2.24) is 4.90 Å². The monoisotopic (exact) mass is 246 g/mol. The number of nitrogens with zero attached hydrogens (tertiary/aromatic N) is 1. The fourth-order valence-corrected chi connectivity index (χ4v) is 3.32. The van der Waals surface area contributed by atoms with E-state index in [0.29, 0.717) is 0 Å². The van der Waals surface area contributed by atoms with Crippen molar-refractivity contribution in [2.75, 3.05) is 13.1 Å². The van der Waals surface area contributed by atoms with E-state index in [0.717, 1.165) is 31.6 Å². The maximum Gasteiger partial charge on any atom is 0.0237 e. The zero-order chi connectivity index (χ0) is 12.8. The molecule has 18 heavy (non-hydrogen) atoms. The first kappa shape index (κ1) is 13.6. The second-order valence-corrected chi connectivity index (χ2v) is 5.41. The van der Waals surface area contributed by atoms with Gasteiger partial charge in [0.25, 0.3) is 0 Å². The van der Waals surface area contributed by atoms with Crippen LogP contribution in [0.15, 0.2) is 30.3 Å². The number of nitrogens with two attached hydrogens (primary N) is 1. The first-order valence-electron chi connectivity index (χ1n) is 7.33. The molecule has 1 aliphatic rings. The molecule has 0 aliphatic heterocycles. The highest BCUT2D eigenvalue weighted by Gasteiger charge is 2.30. The Labute approximate surface area is 111 Å². The standard InChI is InChI=1S/C16H26N2/c1-2-15-9-6-10-16(15)18(12-11-17)13-14-7-4-3-5-8-14/h3-5,7-8,15-16H,2,6,9-13,17H2,1H3. The van der Waals surface area contributed by atoms with Crippen LogP contribution in [0.5, 0.6) is 0 Å². The Morgan fingerprint density at radius 1 is 1.22 bits per heavy atom. The van der Waals surface area contributed by atoms with Gasteiger partial charge in [-0.2, -0.15) is 0 Å². The van der Waals surface area contributed by atoms with Gasteiger partial charge in [-0.1, -0.05) is 50.1 Å².